The lowest BCUT2D eigenvalue weighted by Gasteiger charge is -2.32. The van der Waals surface area contributed by atoms with Crippen LogP contribution < -0.4 is 0 Å². The highest BCUT2D eigenvalue weighted by atomic mass is 16.4. The Balaban J connectivity index is 2.15. The number of hydrogen-bond acceptors (Lipinski definition) is 3. The van der Waals surface area contributed by atoms with Gasteiger partial charge in [0.15, 0.2) is 0 Å². The molecular formula is C12H14N2O3. The van der Waals surface area contributed by atoms with E-state index >= 15 is 0 Å². The predicted octanol–water partition coefficient (Wildman–Crippen LogP) is 1.05. The van der Waals surface area contributed by atoms with Crippen molar-refractivity contribution in [1.29, 1.82) is 0 Å². The van der Waals surface area contributed by atoms with Crippen LogP contribution in [0.25, 0.3) is 0 Å². The molecule has 5 nitrogen and oxygen atoms in total. The van der Waals surface area contributed by atoms with Gasteiger partial charge in [-0.1, -0.05) is 0 Å². The van der Waals surface area contributed by atoms with E-state index in [9.17, 15) is 9.59 Å². The lowest BCUT2D eigenvalue weighted by Crippen LogP contribution is -2.47. The number of aliphatic carboxylic acids is 1. The van der Waals surface area contributed by atoms with Crippen molar-refractivity contribution < 1.29 is 14.7 Å². The summed E-state index contributed by atoms with van der Waals surface area (Å²) in [4.78, 5) is 28.2. The van der Waals surface area contributed by atoms with Gasteiger partial charge in [-0.2, -0.15) is 0 Å². The highest BCUT2D eigenvalue weighted by Gasteiger charge is 2.32. The number of likely N-dealkylation sites (tertiary alicyclic amines) is 1. The smallest absolute Gasteiger partial charge is 0.326 e. The van der Waals surface area contributed by atoms with Crippen LogP contribution in [0.4, 0.5) is 0 Å². The maximum Gasteiger partial charge on any atom is 0.326 e. The van der Waals surface area contributed by atoms with Crippen molar-refractivity contribution in [2.24, 2.45) is 0 Å². The highest BCUT2D eigenvalue weighted by Crippen LogP contribution is 2.20. The summed E-state index contributed by atoms with van der Waals surface area (Å²) in [6, 6.07) is 2.89. The van der Waals surface area contributed by atoms with Gasteiger partial charge in [0.05, 0.1) is 0 Å². The van der Waals surface area contributed by atoms with E-state index in [1.807, 2.05) is 0 Å². The number of carboxylic acid groups (broad SMARTS) is 1. The molecule has 90 valence electrons. The van der Waals surface area contributed by atoms with Crippen molar-refractivity contribution in [2.45, 2.75) is 31.8 Å². The number of carbonyl (C=O) groups excluding carboxylic acids is 1. The van der Waals surface area contributed by atoms with E-state index in [0.717, 1.165) is 5.56 Å². The molecular weight excluding hydrogens is 220 g/mol. The molecule has 1 aliphatic heterocycles. The topological polar surface area (TPSA) is 70.5 Å². The first-order chi connectivity index (χ1) is 8.18. The second-order valence-electron chi connectivity index (χ2n) is 4.12. The van der Waals surface area contributed by atoms with Crippen LogP contribution in [0.5, 0.6) is 0 Å². The molecule has 1 aromatic heterocycles. The first-order valence-corrected chi connectivity index (χ1v) is 5.59. The number of hydrogen-bond donors (Lipinski definition) is 1. The van der Waals surface area contributed by atoms with Crippen LogP contribution in [0.3, 0.4) is 0 Å². The van der Waals surface area contributed by atoms with E-state index in [2.05, 4.69) is 4.98 Å². The lowest BCUT2D eigenvalue weighted by atomic mass is 10.0. The van der Waals surface area contributed by atoms with Gasteiger partial charge in [-0.3, -0.25) is 9.78 Å². The molecule has 0 radical (unpaired) electrons. The van der Waals surface area contributed by atoms with E-state index in [0.29, 0.717) is 25.8 Å². The number of pyridine rings is 1. The lowest BCUT2D eigenvalue weighted by molar-refractivity contribution is -0.153. The molecule has 1 atom stereocenters. The Bertz CT molecular complexity index is 419. The van der Waals surface area contributed by atoms with E-state index in [1.54, 1.807) is 24.5 Å². The number of carboxylic acids is 1. The number of amides is 1. The van der Waals surface area contributed by atoms with Gasteiger partial charge >= 0.3 is 5.97 Å². The predicted molar refractivity (Wildman–Crippen MR) is 60.1 cm³/mol. The van der Waals surface area contributed by atoms with Gasteiger partial charge in [0.1, 0.15) is 6.04 Å². The molecule has 1 N–H and O–H groups in total. The zero-order valence-electron chi connectivity index (χ0n) is 9.37. The van der Waals surface area contributed by atoms with Crippen LogP contribution in [0.2, 0.25) is 0 Å². The highest BCUT2D eigenvalue weighted by molar-refractivity contribution is 5.84. The fourth-order valence-corrected chi connectivity index (χ4v) is 2.06. The zero-order chi connectivity index (χ0) is 12.3. The second kappa shape index (κ2) is 4.95. The van der Waals surface area contributed by atoms with E-state index in [1.165, 1.54) is 4.90 Å². The normalized spacial score (nSPS) is 20.4. The fraction of sp³-hybridized carbons (Fsp3) is 0.417. The van der Waals surface area contributed by atoms with Crippen LogP contribution in [0.15, 0.2) is 24.5 Å². The van der Waals surface area contributed by atoms with Crippen LogP contribution in [0.1, 0.15) is 24.8 Å². The van der Waals surface area contributed by atoms with Gasteiger partial charge < -0.3 is 10.0 Å². The van der Waals surface area contributed by atoms with E-state index < -0.39 is 12.0 Å². The summed E-state index contributed by atoms with van der Waals surface area (Å²) in [5.41, 5.74) is 0.904. The first kappa shape index (κ1) is 11.6. The Morgan fingerprint density at radius 2 is 2.18 bits per heavy atom. The summed E-state index contributed by atoms with van der Waals surface area (Å²) in [6.07, 6.45) is 4.91. The summed E-state index contributed by atoms with van der Waals surface area (Å²) < 4.78 is 0. The van der Waals surface area contributed by atoms with Crippen molar-refractivity contribution in [3.05, 3.63) is 30.1 Å². The third-order valence-electron chi connectivity index (χ3n) is 2.95. The number of rotatable bonds is 3. The molecule has 1 amide bonds. The van der Waals surface area contributed by atoms with Crippen molar-refractivity contribution in [3.8, 4) is 0 Å². The summed E-state index contributed by atoms with van der Waals surface area (Å²) in [5, 5.41) is 9.10. The minimum atomic E-state index is -0.924. The number of nitrogens with zero attached hydrogens (tertiary/aromatic N) is 2. The molecule has 0 spiro atoms. The average Bonchev–Trinajstić information content (AvgIpc) is 2.33. The van der Waals surface area contributed by atoms with Gasteiger partial charge in [-0.15, -0.1) is 0 Å². The molecule has 0 aliphatic carbocycles. The van der Waals surface area contributed by atoms with Crippen molar-refractivity contribution >= 4 is 11.9 Å². The molecule has 0 aromatic carbocycles. The number of aromatic nitrogens is 1. The molecule has 1 saturated heterocycles. The van der Waals surface area contributed by atoms with E-state index in [-0.39, 0.29) is 5.91 Å². The molecule has 0 bridgehead atoms. The minimum absolute atomic E-state index is 0.0829. The van der Waals surface area contributed by atoms with Crippen molar-refractivity contribution in [3.63, 3.8) is 0 Å². The molecule has 2 heterocycles. The molecule has 5 heteroatoms. The second-order valence-corrected chi connectivity index (χ2v) is 4.12. The van der Waals surface area contributed by atoms with Gasteiger partial charge in [0, 0.05) is 25.4 Å². The summed E-state index contributed by atoms with van der Waals surface area (Å²) >= 11 is 0. The Kier molecular flexibility index (Phi) is 3.37. The van der Waals surface area contributed by atoms with E-state index in [4.69, 9.17) is 5.11 Å². The average molecular weight is 234 g/mol. The molecule has 1 aromatic rings. The molecule has 2 rings (SSSR count). The third kappa shape index (κ3) is 2.61. The molecule has 0 saturated carbocycles. The standard InChI is InChI=1S/C12H14N2O3/c15-11-3-1-2-10(12(16)17)14(11)8-9-4-6-13-7-5-9/h4-7,10H,1-3,8H2,(H,16,17). The maximum absolute atomic E-state index is 11.8. The summed E-state index contributed by atoms with van der Waals surface area (Å²) in [7, 11) is 0. The molecule has 1 aliphatic rings. The minimum Gasteiger partial charge on any atom is -0.480 e. The van der Waals surface area contributed by atoms with Gasteiger partial charge in [-0.05, 0) is 30.5 Å². The molecule has 1 fully saturated rings. The summed E-state index contributed by atoms with van der Waals surface area (Å²) in [6.45, 7) is 0.346. The first-order valence-electron chi connectivity index (χ1n) is 5.59. The maximum atomic E-state index is 11.8. The zero-order valence-corrected chi connectivity index (χ0v) is 9.37. The molecule has 1 unspecified atom stereocenters. The quantitative estimate of drug-likeness (QED) is 0.848. The van der Waals surface area contributed by atoms with Crippen LogP contribution >= 0.6 is 0 Å². The Labute approximate surface area is 99.1 Å². The fourth-order valence-electron chi connectivity index (χ4n) is 2.06. The van der Waals surface area contributed by atoms with Crippen LogP contribution in [-0.2, 0) is 16.1 Å². The monoisotopic (exact) mass is 234 g/mol. The number of piperidine rings is 1. The largest absolute Gasteiger partial charge is 0.480 e. The van der Waals surface area contributed by atoms with Crippen molar-refractivity contribution in [2.75, 3.05) is 0 Å². The van der Waals surface area contributed by atoms with Crippen molar-refractivity contribution in [1.82, 2.24) is 9.88 Å². The Morgan fingerprint density at radius 1 is 1.47 bits per heavy atom. The Hall–Kier alpha value is -1.91. The number of carbonyl (C=O) groups is 2. The Morgan fingerprint density at radius 3 is 2.82 bits per heavy atom. The summed E-state index contributed by atoms with van der Waals surface area (Å²) in [5.74, 6) is -1.01. The van der Waals surface area contributed by atoms with Gasteiger partial charge in [0.25, 0.3) is 0 Å². The van der Waals surface area contributed by atoms with Gasteiger partial charge in [0.2, 0.25) is 5.91 Å². The van der Waals surface area contributed by atoms with Gasteiger partial charge in [-0.25, -0.2) is 4.79 Å². The third-order valence-corrected chi connectivity index (χ3v) is 2.95. The molecule has 17 heavy (non-hydrogen) atoms. The van der Waals surface area contributed by atoms with Crippen LogP contribution in [-0.4, -0.2) is 32.9 Å². The SMILES string of the molecule is O=C(O)C1CCCC(=O)N1Cc1ccncc1. The van der Waals surface area contributed by atoms with Crippen LogP contribution in [0, 0.1) is 0 Å².